The number of hydrogen-bond donors (Lipinski definition) is 4. The average molecular weight is 590 g/mol. The molecule has 0 unspecified atom stereocenters. The molecule has 3 aliphatic rings. The van der Waals surface area contributed by atoms with Gasteiger partial charge < -0.3 is 35.9 Å². The molecule has 0 radical (unpaired) electrons. The second-order valence-corrected chi connectivity index (χ2v) is 12.1. The topological polar surface area (TPSA) is 152 Å². The molecule has 2 aromatic heterocycles. The monoisotopic (exact) mass is 589 g/mol. The van der Waals surface area contributed by atoms with Gasteiger partial charge in [-0.2, -0.15) is 9.97 Å². The maximum Gasteiger partial charge on any atom is 0.338 e. The molecule has 1 saturated heterocycles. The van der Waals surface area contributed by atoms with Gasteiger partial charge in [0.15, 0.2) is 17.0 Å². The fourth-order valence-electron chi connectivity index (χ4n) is 6.54. The van der Waals surface area contributed by atoms with Gasteiger partial charge in [-0.3, -0.25) is 0 Å². The third-order valence-corrected chi connectivity index (χ3v) is 8.99. The van der Waals surface area contributed by atoms with Crippen molar-refractivity contribution in [3.63, 3.8) is 0 Å². The molecule has 2 amide bonds. The van der Waals surface area contributed by atoms with Crippen LogP contribution < -0.4 is 21.7 Å². The highest BCUT2D eigenvalue weighted by Crippen LogP contribution is 2.34. The molecule has 0 spiro atoms. The Morgan fingerprint density at radius 1 is 0.977 bits per heavy atom. The van der Waals surface area contributed by atoms with E-state index >= 15 is 0 Å². The summed E-state index contributed by atoms with van der Waals surface area (Å²) in [5.74, 6) is 0.978. The number of nitrogens with one attached hydrogen (secondary N) is 3. The van der Waals surface area contributed by atoms with Gasteiger partial charge in [0.2, 0.25) is 5.95 Å². The second-order valence-electron chi connectivity index (χ2n) is 12.1. The van der Waals surface area contributed by atoms with Crippen molar-refractivity contribution in [3.05, 3.63) is 36.2 Å². The van der Waals surface area contributed by atoms with Crippen LogP contribution in [0.4, 0.5) is 22.2 Å². The van der Waals surface area contributed by atoms with E-state index in [4.69, 9.17) is 25.4 Å². The molecule has 0 atom stereocenters. The van der Waals surface area contributed by atoms with E-state index in [-0.39, 0.29) is 18.1 Å². The normalized spacial score (nSPS) is 21.6. The number of fused-ring (bicyclic) bond motifs is 1. The first kappa shape index (κ1) is 29.2. The van der Waals surface area contributed by atoms with Crippen molar-refractivity contribution in [1.29, 1.82) is 0 Å². The zero-order valence-electron chi connectivity index (χ0n) is 24.9. The lowest BCUT2D eigenvalue weighted by molar-refractivity contribution is 0.0526. The summed E-state index contributed by atoms with van der Waals surface area (Å²) in [5.41, 5.74) is 8.79. The number of imidazole rings is 1. The number of carbonyl (C=O) groups excluding carboxylic acids is 2. The van der Waals surface area contributed by atoms with E-state index in [0.717, 1.165) is 68.3 Å². The van der Waals surface area contributed by atoms with E-state index in [0.29, 0.717) is 49.0 Å². The number of carbonyl (C=O) groups is 2. The average Bonchev–Trinajstić information content (AvgIpc) is 3.69. The van der Waals surface area contributed by atoms with E-state index < -0.39 is 5.97 Å². The molecule has 12 nitrogen and oxygen atoms in total. The summed E-state index contributed by atoms with van der Waals surface area (Å²) in [6, 6.07) is 7.81. The van der Waals surface area contributed by atoms with Crippen molar-refractivity contribution in [2.24, 2.45) is 5.73 Å². The lowest BCUT2D eigenvalue weighted by atomic mass is 9.92. The van der Waals surface area contributed by atoms with Crippen LogP contribution in [0.15, 0.2) is 30.6 Å². The summed E-state index contributed by atoms with van der Waals surface area (Å²) in [4.78, 5) is 41.6. The molecule has 2 aliphatic carbocycles. The standard InChI is InChI=1S/C31H43N9O3/c1-2-43-29(41)20-6-5-7-24(18-20)36-31(42)39-16-14-23(15-17-39)34-27-26-28(40(19-33-26)25-8-3-4-9-25)38-30(37-27)35-22-12-10-21(32)11-13-22/h5-7,18-19,21-23,25H,2-4,8-17,32H2,1H3,(H,36,42)(H2,34,35,37,38). The number of rotatable bonds is 8. The molecular formula is C31H43N9O3. The Bertz CT molecular complexity index is 1420. The van der Waals surface area contributed by atoms with Gasteiger partial charge in [0.1, 0.15) is 0 Å². The van der Waals surface area contributed by atoms with Gasteiger partial charge in [-0.05, 0) is 76.5 Å². The van der Waals surface area contributed by atoms with Crippen LogP contribution in [0.2, 0.25) is 0 Å². The van der Waals surface area contributed by atoms with Crippen LogP contribution >= 0.6 is 0 Å². The quantitative estimate of drug-likeness (QED) is 0.269. The summed E-state index contributed by atoms with van der Waals surface area (Å²) in [7, 11) is 0. The SMILES string of the molecule is CCOC(=O)c1cccc(NC(=O)N2CCC(Nc3nc(NC4CCC(N)CC4)nc4c3ncn4C3CCCC3)CC2)c1. The number of benzene rings is 1. The molecule has 3 aromatic rings. The number of anilines is 3. The minimum absolute atomic E-state index is 0.145. The van der Waals surface area contributed by atoms with Gasteiger partial charge in [-0.1, -0.05) is 18.9 Å². The Balaban J connectivity index is 1.12. The number of nitrogens with zero attached hydrogens (tertiary/aromatic N) is 5. The highest BCUT2D eigenvalue weighted by Gasteiger charge is 2.27. The maximum atomic E-state index is 13.0. The first-order chi connectivity index (χ1) is 21.0. The fraction of sp³-hybridized carbons (Fsp3) is 0.581. The number of amides is 2. The predicted molar refractivity (Wildman–Crippen MR) is 166 cm³/mol. The first-order valence-corrected chi connectivity index (χ1v) is 15.8. The number of nitrogens with two attached hydrogens (primary N) is 1. The zero-order valence-corrected chi connectivity index (χ0v) is 24.9. The molecule has 43 heavy (non-hydrogen) atoms. The molecule has 5 N–H and O–H groups in total. The van der Waals surface area contributed by atoms with Gasteiger partial charge in [-0.25, -0.2) is 14.6 Å². The number of piperidine rings is 1. The summed E-state index contributed by atoms with van der Waals surface area (Å²) < 4.78 is 7.31. The van der Waals surface area contributed by atoms with Crippen molar-refractivity contribution in [3.8, 4) is 0 Å². The van der Waals surface area contributed by atoms with Crippen molar-refractivity contribution in [2.45, 2.75) is 95.3 Å². The molecular weight excluding hydrogens is 546 g/mol. The van der Waals surface area contributed by atoms with E-state index in [1.165, 1.54) is 12.8 Å². The molecule has 6 rings (SSSR count). The summed E-state index contributed by atoms with van der Waals surface area (Å²) in [5, 5.41) is 10.2. The largest absolute Gasteiger partial charge is 0.462 e. The third-order valence-electron chi connectivity index (χ3n) is 8.99. The number of esters is 1. The molecule has 1 aromatic carbocycles. The van der Waals surface area contributed by atoms with Crippen LogP contribution in [0, 0.1) is 0 Å². The smallest absolute Gasteiger partial charge is 0.338 e. The van der Waals surface area contributed by atoms with Crippen LogP contribution in [-0.4, -0.2) is 74.2 Å². The van der Waals surface area contributed by atoms with Crippen LogP contribution in [0.3, 0.4) is 0 Å². The zero-order chi connectivity index (χ0) is 29.8. The molecule has 3 fully saturated rings. The molecule has 230 valence electrons. The fourth-order valence-corrected chi connectivity index (χ4v) is 6.54. The van der Waals surface area contributed by atoms with Crippen LogP contribution in [0.5, 0.6) is 0 Å². The molecule has 0 bridgehead atoms. The van der Waals surface area contributed by atoms with Crippen molar-refractivity contribution in [1.82, 2.24) is 24.4 Å². The van der Waals surface area contributed by atoms with E-state index in [1.54, 1.807) is 36.1 Å². The first-order valence-electron chi connectivity index (χ1n) is 15.8. The number of urea groups is 1. The summed E-state index contributed by atoms with van der Waals surface area (Å²) in [6.07, 6.45) is 12.3. The van der Waals surface area contributed by atoms with Gasteiger partial charge in [-0.15, -0.1) is 0 Å². The molecule has 12 heteroatoms. The Labute approximate surface area is 252 Å². The number of ether oxygens (including phenoxy) is 1. The molecule has 1 aliphatic heterocycles. The van der Waals surface area contributed by atoms with Crippen LogP contribution in [0.25, 0.3) is 11.2 Å². The van der Waals surface area contributed by atoms with Gasteiger partial charge in [0, 0.05) is 42.9 Å². The van der Waals surface area contributed by atoms with Gasteiger partial charge >= 0.3 is 12.0 Å². The molecule has 2 saturated carbocycles. The highest BCUT2D eigenvalue weighted by molar-refractivity contribution is 5.94. The minimum Gasteiger partial charge on any atom is -0.462 e. The minimum atomic E-state index is -0.404. The Hall–Kier alpha value is -3.93. The number of hydrogen-bond acceptors (Lipinski definition) is 9. The predicted octanol–water partition coefficient (Wildman–Crippen LogP) is 4.91. The number of aromatic nitrogens is 4. The van der Waals surface area contributed by atoms with Crippen LogP contribution in [-0.2, 0) is 4.74 Å². The van der Waals surface area contributed by atoms with E-state index in [2.05, 4.69) is 20.5 Å². The Kier molecular flexibility index (Phi) is 8.92. The number of likely N-dealkylation sites (tertiary alicyclic amines) is 1. The van der Waals surface area contributed by atoms with Crippen molar-refractivity contribution >= 4 is 40.6 Å². The summed E-state index contributed by atoms with van der Waals surface area (Å²) in [6.45, 7) is 3.26. The lowest BCUT2D eigenvalue weighted by Gasteiger charge is -2.32. The third kappa shape index (κ3) is 6.84. The maximum absolute atomic E-state index is 13.0. The van der Waals surface area contributed by atoms with Gasteiger partial charge in [0.05, 0.1) is 18.5 Å². The molecule has 3 heterocycles. The Morgan fingerprint density at radius 2 is 1.72 bits per heavy atom. The lowest BCUT2D eigenvalue weighted by Crippen LogP contribution is -2.44. The van der Waals surface area contributed by atoms with E-state index in [9.17, 15) is 9.59 Å². The summed E-state index contributed by atoms with van der Waals surface area (Å²) >= 11 is 0. The van der Waals surface area contributed by atoms with Crippen molar-refractivity contribution < 1.29 is 14.3 Å². The van der Waals surface area contributed by atoms with Crippen molar-refractivity contribution in [2.75, 3.05) is 35.6 Å². The van der Waals surface area contributed by atoms with E-state index in [1.807, 2.05) is 6.33 Å². The second kappa shape index (κ2) is 13.2. The highest BCUT2D eigenvalue weighted by atomic mass is 16.5. The van der Waals surface area contributed by atoms with Crippen LogP contribution in [0.1, 0.15) is 87.5 Å². The van der Waals surface area contributed by atoms with Gasteiger partial charge in [0.25, 0.3) is 0 Å². The Morgan fingerprint density at radius 3 is 2.47 bits per heavy atom.